The molecule has 2 saturated heterocycles. The van der Waals surface area contributed by atoms with Crippen molar-refractivity contribution in [2.75, 3.05) is 31.9 Å². The van der Waals surface area contributed by atoms with Crippen molar-refractivity contribution in [2.45, 2.75) is 31.4 Å². The summed E-state index contributed by atoms with van der Waals surface area (Å²) >= 11 is 0. The first-order chi connectivity index (χ1) is 13.1. The molecular formula is C20H25N5O2. The van der Waals surface area contributed by atoms with Crippen LogP contribution in [0.5, 0.6) is 0 Å². The predicted molar refractivity (Wildman–Crippen MR) is 103 cm³/mol. The van der Waals surface area contributed by atoms with Crippen molar-refractivity contribution in [3.05, 3.63) is 42.1 Å². The first kappa shape index (κ1) is 17.9. The third kappa shape index (κ3) is 3.79. The van der Waals surface area contributed by atoms with Crippen LogP contribution in [0.4, 0.5) is 5.95 Å². The fourth-order valence-corrected chi connectivity index (χ4v) is 4.07. The van der Waals surface area contributed by atoms with Gasteiger partial charge in [0.1, 0.15) is 0 Å². The summed E-state index contributed by atoms with van der Waals surface area (Å²) in [5.41, 5.74) is 7.77. The SMILES string of the molecule is Nc1nccc(-c2cccc(C(=O)N3C[C@H](O)[C@@H](N4CCCCC4)C3)c2)n1. The van der Waals surface area contributed by atoms with Crippen LogP contribution in [0.25, 0.3) is 11.3 Å². The molecule has 0 radical (unpaired) electrons. The second kappa shape index (κ2) is 7.62. The zero-order valence-corrected chi connectivity index (χ0v) is 15.3. The number of amides is 1. The molecule has 2 aromatic rings. The second-order valence-electron chi connectivity index (χ2n) is 7.32. The van der Waals surface area contributed by atoms with Crippen molar-refractivity contribution in [3.63, 3.8) is 0 Å². The van der Waals surface area contributed by atoms with Crippen LogP contribution in [0.15, 0.2) is 36.5 Å². The Morgan fingerprint density at radius 2 is 1.96 bits per heavy atom. The van der Waals surface area contributed by atoms with Crippen LogP contribution >= 0.6 is 0 Å². The van der Waals surface area contributed by atoms with Gasteiger partial charge in [-0.3, -0.25) is 9.69 Å². The van der Waals surface area contributed by atoms with E-state index in [0.29, 0.717) is 24.3 Å². The maximum Gasteiger partial charge on any atom is 0.254 e. The molecule has 2 fully saturated rings. The number of benzene rings is 1. The number of β-amino-alcohol motifs (C(OH)–C–C–N with tert-alkyl or cyclic N) is 1. The number of hydrogen-bond acceptors (Lipinski definition) is 6. The van der Waals surface area contributed by atoms with Gasteiger partial charge in [-0.15, -0.1) is 0 Å². The fourth-order valence-electron chi connectivity index (χ4n) is 4.07. The molecule has 7 nitrogen and oxygen atoms in total. The molecule has 1 amide bonds. The van der Waals surface area contributed by atoms with Crippen LogP contribution < -0.4 is 5.73 Å². The molecule has 0 aliphatic carbocycles. The molecule has 2 aliphatic rings. The number of piperidine rings is 1. The zero-order chi connectivity index (χ0) is 18.8. The summed E-state index contributed by atoms with van der Waals surface area (Å²) in [7, 11) is 0. The number of nitrogen functional groups attached to an aromatic ring is 1. The Morgan fingerprint density at radius 3 is 2.74 bits per heavy atom. The van der Waals surface area contributed by atoms with Crippen LogP contribution in [0.1, 0.15) is 29.6 Å². The van der Waals surface area contributed by atoms with Crippen molar-refractivity contribution in [3.8, 4) is 11.3 Å². The number of aliphatic hydroxyl groups excluding tert-OH is 1. The molecule has 0 unspecified atom stereocenters. The molecule has 0 bridgehead atoms. The third-order valence-electron chi connectivity index (χ3n) is 5.49. The third-order valence-corrected chi connectivity index (χ3v) is 5.49. The maximum absolute atomic E-state index is 13.0. The smallest absolute Gasteiger partial charge is 0.254 e. The minimum Gasteiger partial charge on any atom is -0.390 e. The van der Waals surface area contributed by atoms with E-state index in [1.807, 2.05) is 18.2 Å². The molecule has 3 N–H and O–H groups in total. The monoisotopic (exact) mass is 367 g/mol. The summed E-state index contributed by atoms with van der Waals surface area (Å²) in [5.74, 6) is 0.147. The number of carbonyl (C=O) groups is 1. The van der Waals surface area contributed by atoms with Gasteiger partial charge in [0, 0.05) is 30.4 Å². The van der Waals surface area contributed by atoms with E-state index in [9.17, 15) is 9.90 Å². The average Bonchev–Trinajstić information content (AvgIpc) is 3.10. The van der Waals surface area contributed by atoms with E-state index in [-0.39, 0.29) is 17.9 Å². The highest BCUT2D eigenvalue weighted by atomic mass is 16.3. The molecule has 4 rings (SSSR count). The standard InChI is InChI=1S/C20H25N5O2/c21-20-22-8-7-16(23-20)14-5-4-6-15(11-14)19(27)25-12-17(18(26)13-25)24-9-2-1-3-10-24/h4-8,11,17-18,26H,1-3,9-10,12-13H2,(H2,21,22,23)/t17-,18-/m0/s1. The molecule has 1 aromatic heterocycles. The number of aromatic nitrogens is 2. The second-order valence-corrected chi connectivity index (χ2v) is 7.32. The molecule has 7 heteroatoms. The van der Waals surface area contributed by atoms with Crippen LogP contribution in [-0.2, 0) is 0 Å². The molecule has 142 valence electrons. The Labute approximate surface area is 158 Å². The predicted octanol–water partition coefficient (Wildman–Crippen LogP) is 1.40. The average molecular weight is 367 g/mol. The van der Waals surface area contributed by atoms with E-state index in [4.69, 9.17) is 5.73 Å². The van der Waals surface area contributed by atoms with Crippen LogP contribution in [-0.4, -0.2) is 69.1 Å². The largest absolute Gasteiger partial charge is 0.390 e. The number of anilines is 1. The Hall–Kier alpha value is -2.51. The van der Waals surface area contributed by atoms with Crippen LogP contribution in [0.2, 0.25) is 0 Å². The van der Waals surface area contributed by atoms with Crippen LogP contribution in [0, 0.1) is 0 Å². The Balaban J connectivity index is 1.50. The van der Waals surface area contributed by atoms with E-state index in [1.54, 1.807) is 23.2 Å². The lowest BCUT2D eigenvalue weighted by molar-refractivity contribution is 0.0702. The van der Waals surface area contributed by atoms with E-state index in [0.717, 1.165) is 18.7 Å². The molecule has 0 saturated carbocycles. The van der Waals surface area contributed by atoms with Gasteiger partial charge < -0.3 is 15.7 Å². The summed E-state index contributed by atoms with van der Waals surface area (Å²) in [4.78, 5) is 25.2. The summed E-state index contributed by atoms with van der Waals surface area (Å²) < 4.78 is 0. The topological polar surface area (TPSA) is 95.6 Å². The normalized spacial score (nSPS) is 23.5. The van der Waals surface area contributed by atoms with Gasteiger partial charge in [0.05, 0.1) is 17.8 Å². The minimum atomic E-state index is -0.489. The lowest BCUT2D eigenvalue weighted by Crippen LogP contribution is -2.46. The number of aliphatic hydroxyl groups is 1. The molecule has 3 heterocycles. The maximum atomic E-state index is 13.0. The highest BCUT2D eigenvalue weighted by Crippen LogP contribution is 2.24. The van der Waals surface area contributed by atoms with Crippen molar-refractivity contribution in [1.82, 2.24) is 19.8 Å². The van der Waals surface area contributed by atoms with Crippen molar-refractivity contribution in [1.29, 1.82) is 0 Å². The number of nitrogens with two attached hydrogens (primary N) is 1. The molecule has 2 atom stereocenters. The van der Waals surface area contributed by atoms with E-state index in [1.165, 1.54) is 19.3 Å². The Morgan fingerprint density at radius 1 is 1.15 bits per heavy atom. The van der Waals surface area contributed by atoms with Crippen molar-refractivity contribution in [2.24, 2.45) is 0 Å². The summed E-state index contributed by atoms with van der Waals surface area (Å²) in [6.45, 7) is 2.97. The van der Waals surface area contributed by atoms with E-state index in [2.05, 4.69) is 14.9 Å². The summed E-state index contributed by atoms with van der Waals surface area (Å²) in [6.07, 6.45) is 4.70. The molecule has 2 aliphatic heterocycles. The molecule has 0 spiro atoms. The highest BCUT2D eigenvalue weighted by Gasteiger charge is 2.38. The summed E-state index contributed by atoms with van der Waals surface area (Å²) in [6, 6.07) is 9.18. The molecular weight excluding hydrogens is 342 g/mol. The lowest BCUT2D eigenvalue weighted by atomic mass is 10.1. The minimum absolute atomic E-state index is 0.0408. The summed E-state index contributed by atoms with van der Waals surface area (Å²) in [5, 5.41) is 10.5. The van der Waals surface area contributed by atoms with Gasteiger partial charge in [-0.25, -0.2) is 9.97 Å². The zero-order valence-electron chi connectivity index (χ0n) is 15.3. The first-order valence-electron chi connectivity index (χ1n) is 9.52. The van der Waals surface area contributed by atoms with Gasteiger partial charge in [-0.2, -0.15) is 0 Å². The van der Waals surface area contributed by atoms with Crippen LogP contribution in [0.3, 0.4) is 0 Å². The number of hydrogen-bond donors (Lipinski definition) is 2. The van der Waals surface area contributed by atoms with E-state index >= 15 is 0 Å². The first-order valence-corrected chi connectivity index (χ1v) is 9.52. The quantitative estimate of drug-likeness (QED) is 0.851. The fraction of sp³-hybridized carbons (Fsp3) is 0.450. The Bertz CT molecular complexity index is 822. The van der Waals surface area contributed by atoms with Crippen molar-refractivity contribution >= 4 is 11.9 Å². The Kier molecular flexibility index (Phi) is 5.05. The highest BCUT2D eigenvalue weighted by molar-refractivity contribution is 5.95. The van der Waals surface area contributed by atoms with Gasteiger partial charge >= 0.3 is 0 Å². The van der Waals surface area contributed by atoms with Gasteiger partial charge in [0.25, 0.3) is 5.91 Å². The molecule has 27 heavy (non-hydrogen) atoms. The number of carbonyl (C=O) groups excluding carboxylic acids is 1. The van der Waals surface area contributed by atoms with Crippen molar-refractivity contribution < 1.29 is 9.90 Å². The number of likely N-dealkylation sites (tertiary alicyclic amines) is 2. The lowest BCUT2D eigenvalue weighted by Gasteiger charge is -2.33. The van der Waals surface area contributed by atoms with Gasteiger partial charge in [0.2, 0.25) is 5.95 Å². The molecule has 1 aromatic carbocycles. The van der Waals surface area contributed by atoms with Gasteiger partial charge in [-0.05, 0) is 44.1 Å². The van der Waals surface area contributed by atoms with Gasteiger partial charge in [-0.1, -0.05) is 18.6 Å². The number of rotatable bonds is 3. The number of nitrogens with zero attached hydrogens (tertiary/aromatic N) is 4. The van der Waals surface area contributed by atoms with E-state index < -0.39 is 6.10 Å². The van der Waals surface area contributed by atoms with Gasteiger partial charge in [0.15, 0.2) is 0 Å².